The number of nitrogens with zero attached hydrogens (tertiary/aromatic N) is 1. The third-order valence-corrected chi connectivity index (χ3v) is 10.7. The lowest BCUT2D eigenvalue weighted by atomic mass is 9.48. The molecule has 2 atom stereocenters. The summed E-state index contributed by atoms with van der Waals surface area (Å²) >= 11 is 2.85. The average molecular weight is 526 g/mol. The molecule has 6 rings (SSSR count). The Balaban J connectivity index is 1.29. The SMILES string of the molecule is CCOC(=O)C1=C(C)NC(SCC(=O)NC(C)C23CC4CC(CC(C4)C2)C3)=C(C#N)C1c1cccs1. The van der Waals surface area contributed by atoms with E-state index in [1.54, 1.807) is 6.92 Å². The van der Waals surface area contributed by atoms with Gasteiger partial charge in [0.05, 0.1) is 40.5 Å². The summed E-state index contributed by atoms with van der Waals surface area (Å²) in [6, 6.07) is 6.34. The van der Waals surface area contributed by atoms with E-state index in [9.17, 15) is 14.9 Å². The number of rotatable bonds is 8. The van der Waals surface area contributed by atoms with Gasteiger partial charge in [-0.05, 0) is 93.9 Å². The molecule has 2 unspecified atom stereocenters. The first-order valence-electron chi connectivity index (χ1n) is 13.1. The van der Waals surface area contributed by atoms with Crippen molar-refractivity contribution in [1.29, 1.82) is 5.26 Å². The molecule has 1 aromatic heterocycles. The number of thioether (sulfide) groups is 1. The van der Waals surface area contributed by atoms with Crippen LogP contribution in [-0.4, -0.2) is 30.3 Å². The zero-order valence-electron chi connectivity index (χ0n) is 21.3. The smallest absolute Gasteiger partial charge is 0.336 e. The lowest BCUT2D eigenvalue weighted by Crippen LogP contribution is -2.56. The van der Waals surface area contributed by atoms with E-state index in [2.05, 4.69) is 23.6 Å². The van der Waals surface area contributed by atoms with Crippen molar-refractivity contribution in [2.45, 2.75) is 71.3 Å². The molecule has 4 fully saturated rings. The fourth-order valence-electron chi connectivity index (χ4n) is 7.53. The average Bonchev–Trinajstić information content (AvgIpc) is 3.36. The van der Waals surface area contributed by atoms with E-state index in [0.29, 0.717) is 21.9 Å². The highest BCUT2D eigenvalue weighted by Gasteiger charge is 2.53. The van der Waals surface area contributed by atoms with Crippen LogP contribution in [0.4, 0.5) is 0 Å². The Morgan fingerprint density at radius 1 is 1.28 bits per heavy atom. The van der Waals surface area contributed by atoms with Crippen LogP contribution in [0, 0.1) is 34.5 Å². The standard InChI is InChI=1S/C28H35N3O3S2/c1-4-34-27(33)24-16(2)30-26(21(14-29)25(24)22-6-5-7-35-22)36-15-23(32)31-17(3)28-11-18-8-19(12-28)10-20(9-18)13-28/h5-7,17-20,25,30H,4,8-13,15H2,1-3H3,(H,31,32). The zero-order valence-corrected chi connectivity index (χ0v) is 22.9. The minimum atomic E-state index is -0.494. The van der Waals surface area contributed by atoms with Crippen molar-refractivity contribution < 1.29 is 14.3 Å². The van der Waals surface area contributed by atoms with Crippen LogP contribution < -0.4 is 10.6 Å². The molecule has 4 aliphatic carbocycles. The van der Waals surface area contributed by atoms with Crippen LogP contribution in [0.15, 0.2) is 39.4 Å². The highest BCUT2D eigenvalue weighted by Crippen LogP contribution is 2.61. The second-order valence-electron chi connectivity index (χ2n) is 11.0. The third-order valence-electron chi connectivity index (χ3n) is 8.70. The molecule has 5 aliphatic rings. The second kappa shape index (κ2) is 10.3. The van der Waals surface area contributed by atoms with Gasteiger partial charge in [0.2, 0.25) is 5.91 Å². The maximum atomic E-state index is 13.1. The number of hydrogen-bond acceptors (Lipinski definition) is 7. The lowest BCUT2D eigenvalue weighted by Gasteiger charge is -2.59. The fraction of sp³-hybridized carbons (Fsp3) is 0.607. The van der Waals surface area contributed by atoms with Gasteiger partial charge in [-0.25, -0.2) is 4.79 Å². The quantitative estimate of drug-likeness (QED) is 0.438. The largest absolute Gasteiger partial charge is 0.463 e. The van der Waals surface area contributed by atoms with Crippen LogP contribution in [0.1, 0.15) is 70.1 Å². The number of dihydropyridines is 1. The van der Waals surface area contributed by atoms with Crippen molar-refractivity contribution >= 4 is 35.0 Å². The second-order valence-corrected chi connectivity index (χ2v) is 13.0. The maximum absolute atomic E-state index is 13.1. The Morgan fingerprint density at radius 3 is 2.50 bits per heavy atom. The van der Waals surface area contributed by atoms with Crippen LogP contribution in [-0.2, 0) is 14.3 Å². The van der Waals surface area contributed by atoms with E-state index >= 15 is 0 Å². The lowest BCUT2D eigenvalue weighted by molar-refractivity contribution is -0.138. The van der Waals surface area contributed by atoms with Gasteiger partial charge < -0.3 is 15.4 Å². The molecule has 0 radical (unpaired) electrons. The van der Waals surface area contributed by atoms with E-state index < -0.39 is 11.9 Å². The summed E-state index contributed by atoms with van der Waals surface area (Å²) in [6.07, 6.45) is 7.92. The molecular weight excluding hydrogens is 490 g/mol. The van der Waals surface area contributed by atoms with Crippen LogP contribution >= 0.6 is 23.1 Å². The van der Waals surface area contributed by atoms with E-state index in [4.69, 9.17) is 4.74 Å². The zero-order chi connectivity index (χ0) is 25.4. The van der Waals surface area contributed by atoms with Crippen molar-refractivity contribution in [3.63, 3.8) is 0 Å². The fourth-order valence-corrected chi connectivity index (χ4v) is 9.27. The van der Waals surface area contributed by atoms with Crippen LogP contribution in [0.3, 0.4) is 0 Å². The number of carbonyl (C=O) groups is 2. The van der Waals surface area contributed by atoms with Crippen LogP contribution in [0.5, 0.6) is 0 Å². The molecule has 0 saturated heterocycles. The molecule has 0 aromatic carbocycles. The van der Waals surface area contributed by atoms with E-state index in [1.165, 1.54) is 61.6 Å². The number of carbonyl (C=O) groups excluding carboxylic acids is 2. The molecule has 1 amide bonds. The molecule has 192 valence electrons. The molecule has 1 aliphatic heterocycles. The van der Waals surface area contributed by atoms with Gasteiger partial charge in [0.25, 0.3) is 0 Å². The highest BCUT2D eigenvalue weighted by atomic mass is 32.2. The van der Waals surface area contributed by atoms with Crippen molar-refractivity contribution in [3.8, 4) is 6.07 Å². The topological polar surface area (TPSA) is 91.2 Å². The summed E-state index contributed by atoms with van der Waals surface area (Å²) in [6.45, 7) is 6.06. The van der Waals surface area contributed by atoms with Gasteiger partial charge in [-0.3, -0.25) is 4.79 Å². The van der Waals surface area contributed by atoms with Crippen LogP contribution in [0.25, 0.3) is 0 Å². The molecular formula is C28H35N3O3S2. The maximum Gasteiger partial charge on any atom is 0.336 e. The monoisotopic (exact) mass is 525 g/mol. The Kier molecular flexibility index (Phi) is 7.24. The molecule has 36 heavy (non-hydrogen) atoms. The number of ether oxygens (including phenoxy) is 1. The number of esters is 1. The number of thiophene rings is 1. The Morgan fingerprint density at radius 2 is 1.94 bits per heavy atom. The molecule has 4 bridgehead atoms. The summed E-state index contributed by atoms with van der Waals surface area (Å²) in [5, 5.41) is 19.3. The number of nitrogens with one attached hydrogen (secondary N) is 2. The Labute approximate surface area is 221 Å². The first-order valence-corrected chi connectivity index (χ1v) is 14.9. The van der Waals surface area contributed by atoms with E-state index in [-0.39, 0.29) is 29.7 Å². The van der Waals surface area contributed by atoms with Gasteiger partial charge in [0.1, 0.15) is 0 Å². The van der Waals surface area contributed by atoms with Gasteiger partial charge in [0.15, 0.2) is 0 Å². The minimum absolute atomic E-state index is 0.000307. The third kappa shape index (κ3) is 4.72. The Hall–Kier alpha value is -2.24. The summed E-state index contributed by atoms with van der Waals surface area (Å²) in [5.41, 5.74) is 1.83. The predicted octanol–water partition coefficient (Wildman–Crippen LogP) is 5.46. The van der Waals surface area contributed by atoms with Gasteiger partial charge in [-0.1, -0.05) is 17.8 Å². The summed E-state index contributed by atoms with van der Waals surface area (Å²) in [4.78, 5) is 26.8. The van der Waals surface area contributed by atoms with Crippen molar-refractivity contribution in [1.82, 2.24) is 10.6 Å². The number of allylic oxidation sites excluding steroid dienone is 2. The highest BCUT2D eigenvalue weighted by molar-refractivity contribution is 8.03. The Bertz CT molecular complexity index is 1100. The first kappa shape index (κ1) is 25.4. The van der Waals surface area contributed by atoms with Crippen LogP contribution in [0.2, 0.25) is 0 Å². The van der Waals surface area contributed by atoms with Crippen molar-refractivity contribution in [3.05, 3.63) is 44.3 Å². The van der Waals surface area contributed by atoms with E-state index in [0.717, 1.165) is 22.6 Å². The predicted molar refractivity (Wildman–Crippen MR) is 143 cm³/mol. The summed E-state index contributed by atoms with van der Waals surface area (Å²) in [7, 11) is 0. The number of nitriles is 1. The van der Waals surface area contributed by atoms with Gasteiger partial charge in [-0.2, -0.15) is 5.26 Å². The van der Waals surface area contributed by atoms with Gasteiger partial charge in [0, 0.05) is 16.6 Å². The molecule has 2 heterocycles. The van der Waals surface area contributed by atoms with Gasteiger partial charge in [-0.15, -0.1) is 11.3 Å². The molecule has 8 heteroatoms. The number of amides is 1. The number of hydrogen-bond donors (Lipinski definition) is 2. The molecule has 2 N–H and O–H groups in total. The molecule has 1 aromatic rings. The minimum Gasteiger partial charge on any atom is -0.463 e. The molecule has 6 nitrogen and oxygen atoms in total. The molecule has 0 spiro atoms. The first-order chi connectivity index (χ1) is 17.3. The van der Waals surface area contributed by atoms with E-state index in [1.807, 2.05) is 24.4 Å². The van der Waals surface area contributed by atoms with Gasteiger partial charge >= 0.3 is 5.97 Å². The molecule has 4 saturated carbocycles. The van der Waals surface area contributed by atoms with Crippen molar-refractivity contribution in [2.24, 2.45) is 23.2 Å². The summed E-state index contributed by atoms with van der Waals surface area (Å²) in [5.74, 6) is 1.85. The van der Waals surface area contributed by atoms with Crippen molar-refractivity contribution in [2.75, 3.05) is 12.4 Å². The summed E-state index contributed by atoms with van der Waals surface area (Å²) < 4.78 is 5.32. The normalized spacial score (nSPS) is 31.6.